The molecule has 0 bridgehead atoms. The van der Waals surface area contributed by atoms with Crippen LogP contribution >= 0.6 is 0 Å². The van der Waals surface area contributed by atoms with Crippen LogP contribution in [0.25, 0.3) is 0 Å². The van der Waals surface area contributed by atoms with Crippen LogP contribution in [-0.2, 0) is 6.54 Å². The van der Waals surface area contributed by atoms with Crippen molar-refractivity contribution in [2.24, 2.45) is 0 Å². The number of nitrogens with zero attached hydrogens (tertiary/aromatic N) is 2. The third-order valence-electron chi connectivity index (χ3n) is 2.50. The van der Waals surface area contributed by atoms with Gasteiger partial charge in [-0.15, -0.1) is 0 Å². The average Bonchev–Trinajstić information content (AvgIpc) is 2.24. The molecule has 0 aliphatic heterocycles. The summed E-state index contributed by atoms with van der Waals surface area (Å²) in [5, 5.41) is 0. The van der Waals surface area contributed by atoms with E-state index in [2.05, 4.69) is 23.7 Å². The van der Waals surface area contributed by atoms with Gasteiger partial charge < -0.3 is 5.73 Å². The average molecular weight is 207 g/mol. The number of pyridine rings is 1. The fourth-order valence-electron chi connectivity index (χ4n) is 1.54. The lowest BCUT2D eigenvalue weighted by atomic mass is 10.2. The highest BCUT2D eigenvalue weighted by molar-refractivity contribution is 5.37. The smallest absolute Gasteiger partial charge is 0.0564 e. The van der Waals surface area contributed by atoms with Gasteiger partial charge in [-0.1, -0.05) is 20.3 Å². The van der Waals surface area contributed by atoms with Crippen LogP contribution in [0.3, 0.4) is 0 Å². The molecular weight excluding hydrogens is 186 g/mol. The summed E-state index contributed by atoms with van der Waals surface area (Å²) >= 11 is 0. The second-order valence-electron chi connectivity index (χ2n) is 3.80. The van der Waals surface area contributed by atoms with E-state index in [0.29, 0.717) is 0 Å². The van der Waals surface area contributed by atoms with E-state index < -0.39 is 0 Å². The summed E-state index contributed by atoms with van der Waals surface area (Å²) in [7, 11) is 0. The predicted molar refractivity (Wildman–Crippen MR) is 64.5 cm³/mol. The first kappa shape index (κ1) is 12.0. The van der Waals surface area contributed by atoms with Gasteiger partial charge in [-0.3, -0.25) is 9.88 Å². The van der Waals surface area contributed by atoms with Crippen molar-refractivity contribution in [3.05, 3.63) is 24.0 Å². The molecular formula is C12H21N3. The third-order valence-corrected chi connectivity index (χ3v) is 2.50. The highest BCUT2D eigenvalue weighted by atomic mass is 15.1. The lowest BCUT2D eigenvalue weighted by molar-refractivity contribution is 0.272. The Morgan fingerprint density at radius 2 is 2.20 bits per heavy atom. The minimum Gasteiger partial charge on any atom is -0.399 e. The van der Waals surface area contributed by atoms with Crippen LogP contribution < -0.4 is 5.73 Å². The standard InChI is InChI=1S/C12H21N3/c1-3-5-8-15(4-2)10-12-9-11(13)6-7-14-12/h6-7,9H,3-5,8,10H2,1-2H3,(H2,13,14). The van der Waals surface area contributed by atoms with Crippen molar-refractivity contribution < 1.29 is 0 Å². The molecule has 0 saturated carbocycles. The van der Waals surface area contributed by atoms with Crippen molar-refractivity contribution in [2.45, 2.75) is 33.2 Å². The van der Waals surface area contributed by atoms with E-state index >= 15 is 0 Å². The van der Waals surface area contributed by atoms with Crippen molar-refractivity contribution in [1.82, 2.24) is 9.88 Å². The summed E-state index contributed by atoms with van der Waals surface area (Å²) in [6, 6.07) is 3.78. The molecule has 0 unspecified atom stereocenters. The summed E-state index contributed by atoms with van der Waals surface area (Å²) in [6.45, 7) is 7.51. The molecule has 0 aromatic carbocycles. The largest absolute Gasteiger partial charge is 0.399 e. The van der Waals surface area contributed by atoms with Crippen molar-refractivity contribution >= 4 is 5.69 Å². The van der Waals surface area contributed by atoms with Gasteiger partial charge in [0.15, 0.2) is 0 Å². The summed E-state index contributed by atoms with van der Waals surface area (Å²) in [4.78, 5) is 6.71. The number of hydrogen-bond donors (Lipinski definition) is 1. The second kappa shape index (κ2) is 6.40. The second-order valence-corrected chi connectivity index (χ2v) is 3.80. The number of aromatic nitrogens is 1. The number of nitrogen functional groups attached to an aromatic ring is 1. The number of hydrogen-bond acceptors (Lipinski definition) is 3. The Balaban J connectivity index is 2.50. The van der Waals surface area contributed by atoms with E-state index in [9.17, 15) is 0 Å². The molecule has 1 rings (SSSR count). The van der Waals surface area contributed by atoms with Crippen molar-refractivity contribution in [3.8, 4) is 0 Å². The van der Waals surface area contributed by atoms with Gasteiger partial charge >= 0.3 is 0 Å². The Morgan fingerprint density at radius 3 is 2.80 bits per heavy atom. The molecule has 0 amide bonds. The molecule has 2 N–H and O–H groups in total. The van der Waals surface area contributed by atoms with Crippen LogP contribution in [0.4, 0.5) is 5.69 Å². The zero-order valence-electron chi connectivity index (χ0n) is 9.74. The van der Waals surface area contributed by atoms with Crippen LogP contribution in [0.1, 0.15) is 32.4 Å². The van der Waals surface area contributed by atoms with E-state index in [1.165, 1.54) is 12.8 Å². The first-order valence-electron chi connectivity index (χ1n) is 5.69. The van der Waals surface area contributed by atoms with Gasteiger partial charge in [0, 0.05) is 18.4 Å². The Kier molecular flexibility index (Phi) is 5.12. The predicted octanol–water partition coefficient (Wildman–Crippen LogP) is 2.29. The molecule has 0 spiro atoms. The van der Waals surface area contributed by atoms with Gasteiger partial charge in [0.1, 0.15) is 0 Å². The maximum absolute atomic E-state index is 5.72. The summed E-state index contributed by atoms with van der Waals surface area (Å²) in [6.07, 6.45) is 4.26. The fraction of sp³-hybridized carbons (Fsp3) is 0.583. The maximum Gasteiger partial charge on any atom is 0.0564 e. The van der Waals surface area contributed by atoms with Crippen LogP contribution in [-0.4, -0.2) is 23.0 Å². The fourth-order valence-corrected chi connectivity index (χ4v) is 1.54. The topological polar surface area (TPSA) is 42.1 Å². The Hall–Kier alpha value is -1.09. The number of unbranched alkanes of at least 4 members (excludes halogenated alkanes) is 1. The van der Waals surface area contributed by atoms with E-state index in [1.54, 1.807) is 6.20 Å². The van der Waals surface area contributed by atoms with E-state index in [4.69, 9.17) is 5.73 Å². The van der Waals surface area contributed by atoms with Crippen molar-refractivity contribution in [1.29, 1.82) is 0 Å². The van der Waals surface area contributed by atoms with Gasteiger partial charge in [0.2, 0.25) is 0 Å². The monoisotopic (exact) mass is 207 g/mol. The third kappa shape index (κ3) is 4.30. The first-order chi connectivity index (χ1) is 7.26. The molecule has 3 nitrogen and oxygen atoms in total. The Bertz CT molecular complexity index is 286. The number of nitrogens with two attached hydrogens (primary N) is 1. The molecule has 0 radical (unpaired) electrons. The lowest BCUT2D eigenvalue weighted by Gasteiger charge is -2.19. The van der Waals surface area contributed by atoms with Crippen molar-refractivity contribution in [3.63, 3.8) is 0 Å². The molecule has 1 aromatic rings. The SMILES string of the molecule is CCCCN(CC)Cc1cc(N)ccn1. The molecule has 1 aromatic heterocycles. The number of rotatable bonds is 6. The summed E-state index contributed by atoms with van der Waals surface area (Å²) < 4.78 is 0. The molecule has 0 aliphatic carbocycles. The van der Waals surface area contributed by atoms with Crippen LogP contribution in [0, 0.1) is 0 Å². The van der Waals surface area contributed by atoms with Gasteiger partial charge in [-0.2, -0.15) is 0 Å². The maximum atomic E-state index is 5.72. The van der Waals surface area contributed by atoms with Gasteiger partial charge in [-0.25, -0.2) is 0 Å². The van der Waals surface area contributed by atoms with Crippen molar-refractivity contribution in [2.75, 3.05) is 18.8 Å². The molecule has 0 saturated heterocycles. The zero-order valence-corrected chi connectivity index (χ0v) is 9.74. The molecule has 1 heterocycles. The molecule has 15 heavy (non-hydrogen) atoms. The van der Waals surface area contributed by atoms with E-state index in [1.807, 2.05) is 12.1 Å². The van der Waals surface area contributed by atoms with Crippen LogP contribution in [0.15, 0.2) is 18.3 Å². The number of anilines is 1. The minimum atomic E-state index is 0.798. The summed E-state index contributed by atoms with van der Waals surface area (Å²) in [5.74, 6) is 0. The Morgan fingerprint density at radius 1 is 1.40 bits per heavy atom. The van der Waals surface area contributed by atoms with Gasteiger partial charge in [0.25, 0.3) is 0 Å². The summed E-state index contributed by atoms with van der Waals surface area (Å²) in [5.41, 5.74) is 7.58. The molecule has 84 valence electrons. The van der Waals surface area contributed by atoms with Gasteiger partial charge in [-0.05, 0) is 31.6 Å². The first-order valence-corrected chi connectivity index (χ1v) is 5.69. The van der Waals surface area contributed by atoms with Crippen LogP contribution in [0.5, 0.6) is 0 Å². The normalized spacial score (nSPS) is 10.9. The minimum absolute atomic E-state index is 0.798. The van der Waals surface area contributed by atoms with Gasteiger partial charge in [0.05, 0.1) is 5.69 Å². The zero-order chi connectivity index (χ0) is 11.1. The molecule has 3 heteroatoms. The lowest BCUT2D eigenvalue weighted by Crippen LogP contribution is -2.24. The van der Waals surface area contributed by atoms with Crippen LogP contribution in [0.2, 0.25) is 0 Å². The quantitative estimate of drug-likeness (QED) is 0.778. The highest BCUT2D eigenvalue weighted by Crippen LogP contribution is 2.07. The molecule has 0 aliphatic rings. The Labute approximate surface area is 92.3 Å². The highest BCUT2D eigenvalue weighted by Gasteiger charge is 2.03. The molecule has 0 atom stereocenters. The van der Waals surface area contributed by atoms with E-state index in [0.717, 1.165) is 31.0 Å². The molecule has 0 fully saturated rings. The van der Waals surface area contributed by atoms with E-state index in [-0.39, 0.29) is 0 Å².